The normalized spacial score (nSPS) is 44.7. The lowest BCUT2D eigenvalue weighted by molar-refractivity contribution is 0.0700. The van der Waals surface area contributed by atoms with E-state index in [1.54, 1.807) is 0 Å². The van der Waals surface area contributed by atoms with Crippen LogP contribution in [0.1, 0.15) is 12.8 Å². The van der Waals surface area contributed by atoms with Crippen LogP contribution < -0.4 is 5.32 Å². The maximum absolute atomic E-state index is 9.47. The summed E-state index contributed by atoms with van der Waals surface area (Å²) >= 11 is 0. The molecule has 1 saturated heterocycles. The number of aliphatic hydroxyl groups is 1. The van der Waals surface area contributed by atoms with Gasteiger partial charge in [-0.05, 0) is 24.7 Å². The standard InChI is InChI=1S/C7H13NO.ClH/c9-7-5-1-2-6(7)4-8-3-5;/h5-9H,1-4H2;1H/t5-,6+,7?;. The Morgan fingerprint density at radius 1 is 1.10 bits per heavy atom. The Morgan fingerprint density at radius 3 is 2.00 bits per heavy atom. The van der Waals surface area contributed by atoms with Gasteiger partial charge < -0.3 is 10.4 Å². The van der Waals surface area contributed by atoms with Crippen LogP contribution in [0.4, 0.5) is 0 Å². The van der Waals surface area contributed by atoms with Gasteiger partial charge in [-0.2, -0.15) is 0 Å². The second kappa shape index (κ2) is 3.07. The van der Waals surface area contributed by atoms with Crippen molar-refractivity contribution in [3.8, 4) is 0 Å². The summed E-state index contributed by atoms with van der Waals surface area (Å²) in [7, 11) is 0. The van der Waals surface area contributed by atoms with Crippen molar-refractivity contribution in [3.05, 3.63) is 0 Å². The average Bonchev–Trinajstić information content (AvgIpc) is 2.19. The zero-order chi connectivity index (χ0) is 6.27. The first-order valence-corrected chi connectivity index (χ1v) is 3.76. The van der Waals surface area contributed by atoms with Crippen LogP contribution in [0.25, 0.3) is 0 Å². The van der Waals surface area contributed by atoms with E-state index in [2.05, 4.69) is 5.32 Å². The number of nitrogens with one attached hydrogen (secondary N) is 1. The van der Waals surface area contributed by atoms with Gasteiger partial charge in [0.1, 0.15) is 0 Å². The topological polar surface area (TPSA) is 32.3 Å². The minimum Gasteiger partial charge on any atom is -0.392 e. The predicted octanol–water partition coefficient (Wildman–Crippen LogP) is 0.398. The van der Waals surface area contributed by atoms with E-state index < -0.39 is 0 Å². The molecule has 0 aromatic heterocycles. The number of rotatable bonds is 0. The van der Waals surface area contributed by atoms with Gasteiger partial charge in [0.05, 0.1) is 6.10 Å². The summed E-state index contributed by atoms with van der Waals surface area (Å²) in [5.74, 6) is 1.15. The van der Waals surface area contributed by atoms with Gasteiger partial charge >= 0.3 is 0 Å². The molecule has 0 radical (unpaired) electrons. The number of fused-ring (bicyclic) bond motifs is 2. The van der Waals surface area contributed by atoms with E-state index in [1.807, 2.05) is 0 Å². The maximum Gasteiger partial charge on any atom is 0.0620 e. The Morgan fingerprint density at radius 2 is 1.60 bits per heavy atom. The third kappa shape index (κ3) is 1.16. The third-order valence-corrected chi connectivity index (χ3v) is 2.69. The van der Waals surface area contributed by atoms with Crippen molar-refractivity contribution in [3.63, 3.8) is 0 Å². The molecule has 0 spiro atoms. The number of hydrogen-bond donors (Lipinski definition) is 2. The lowest BCUT2D eigenvalue weighted by Crippen LogP contribution is -2.41. The molecule has 2 rings (SSSR count). The van der Waals surface area contributed by atoms with Crippen molar-refractivity contribution < 1.29 is 5.11 Å². The molecule has 1 unspecified atom stereocenters. The molecule has 2 aliphatic rings. The fraction of sp³-hybridized carbons (Fsp3) is 1.00. The first-order chi connectivity index (χ1) is 4.38. The maximum atomic E-state index is 9.47. The van der Waals surface area contributed by atoms with E-state index in [0.717, 1.165) is 13.1 Å². The Hall–Kier alpha value is 0.210. The van der Waals surface area contributed by atoms with Crippen molar-refractivity contribution in [1.29, 1.82) is 0 Å². The van der Waals surface area contributed by atoms with Gasteiger partial charge in [-0.1, -0.05) is 0 Å². The van der Waals surface area contributed by atoms with Gasteiger partial charge in [0.2, 0.25) is 0 Å². The summed E-state index contributed by atoms with van der Waals surface area (Å²) < 4.78 is 0. The second-order valence-corrected chi connectivity index (χ2v) is 3.25. The minimum absolute atomic E-state index is 0. The summed E-state index contributed by atoms with van der Waals surface area (Å²) in [6.07, 6.45) is 2.49. The summed E-state index contributed by atoms with van der Waals surface area (Å²) in [6, 6.07) is 0. The van der Waals surface area contributed by atoms with E-state index >= 15 is 0 Å². The lowest BCUT2D eigenvalue weighted by Gasteiger charge is -2.25. The van der Waals surface area contributed by atoms with E-state index in [9.17, 15) is 5.11 Å². The highest BCUT2D eigenvalue weighted by Gasteiger charge is 2.37. The predicted molar refractivity (Wildman–Crippen MR) is 42.3 cm³/mol. The summed E-state index contributed by atoms with van der Waals surface area (Å²) in [4.78, 5) is 0. The van der Waals surface area contributed by atoms with Crippen LogP contribution in [0.2, 0.25) is 0 Å². The summed E-state index contributed by atoms with van der Waals surface area (Å²) in [5.41, 5.74) is 0. The average molecular weight is 164 g/mol. The highest BCUT2D eigenvalue weighted by Crippen LogP contribution is 2.32. The molecule has 3 heteroatoms. The summed E-state index contributed by atoms with van der Waals surface area (Å²) in [6.45, 7) is 2.08. The van der Waals surface area contributed by atoms with Crippen molar-refractivity contribution >= 4 is 12.4 Å². The Labute approximate surface area is 67.4 Å². The molecule has 10 heavy (non-hydrogen) atoms. The molecule has 2 fully saturated rings. The van der Waals surface area contributed by atoms with E-state index in [0.29, 0.717) is 11.8 Å². The van der Waals surface area contributed by atoms with Crippen LogP contribution in [-0.2, 0) is 0 Å². The number of aliphatic hydroxyl groups excluding tert-OH is 1. The van der Waals surface area contributed by atoms with E-state index in [4.69, 9.17) is 0 Å². The Balaban J connectivity index is 0.000000500. The molecule has 60 valence electrons. The van der Waals surface area contributed by atoms with Crippen LogP contribution in [0.5, 0.6) is 0 Å². The van der Waals surface area contributed by atoms with Crippen LogP contribution in [0.15, 0.2) is 0 Å². The molecule has 2 nitrogen and oxygen atoms in total. The van der Waals surface area contributed by atoms with Crippen LogP contribution in [-0.4, -0.2) is 24.3 Å². The molecule has 1 aliphatic heterocycles. The third-order valence-electron chi connectivity index (χ3n) is 2.69. The number of hydrogen-bond acceptors (Lipinski definition) is 2. The Bertz CT molecular complexity index is 104. The number of halogens is 1. The molecule has 3 atom stereocenters. The van der Waals surface area contributed by atoms with Crippen molar-refractivity contribution in [2.75, 3.05) is 13.1 Å². The van der Waals surface area contributed by atoms with Gasteiger partial charge in [0.25, 0.3) is 0 Å². The molecule has 1 heterocycles. The molecule has 1 saturated carbocycles. The molecule has 0 amide bonds. The smallest absolute Gasteiger partial charge is 0.0620 e. The highest BCUT2D eigenvalue weighted by molar-refractivity contribution is 5.85. The SMILES string of the molecule is Cl.OC1[C@@H]2CC[C@H]1CNC2. The molecular formula is C7H14ClNO. The monoisotopic (exact) mass is 163 g/mol. The fourth-order valence-electron chi connectivity index (χ4n) is 2.05. The van der Waals surface area contributed by atoms with Gasteiger partial charge in [0, 0.05) is 13.1 Å². The zero-order valence-corrected chi connectivity index (χ0v) is 6.73. The van der Waals surface area contributed by atoms with Gasteiger partial charge in [0.15, 0.2) is 0 Å². The molecule has 2 N–H and O–H groups in total. The first kappa shape index (κ1) is 8.31. The van der Waals surface area contributed by atoms with Crippen molar-refractivity contribution in [2.24, 2.45) is 11.8 Å². The molecule has 1 aliphatic carbocycles. The lowest BCUT2D eigenvalue weighted by atomic mass is 9.97. The second-order valence-electron chi connectivity index (χ2n) is 3.25. The largest absolute Gasteiger partial charge is 0.392 e. The van der Waals surface area contributed by atoms with Crippen LogP contribution in [0, 0.1) is 11.8 Å². The highest BCUT2D eigenvalue weighted by atomic mass is 35.5. The van der Waals surface area contributed by atoms with Gasteiger partial charge in [-0.15, -0.1) is 12.4 Å². The van der Waals surface area contributed by atoms with Crippen LogP contribution >= 0.6 is 12.4 Å². The number of piperidine rings is 1. The van der Waals surface area contributed by atoms with E-state index in [1.165, 1.54) is 12.8 Å². The molecule has 0 aromatic carbocycles. The minimum atomic E-state index is 0. The van der Waals surface area contributed by atoms with Gasteiger partial charge in [-0.3, -0.25) is 0 Å². The molecule has 0 aromatic rings. The van der Waals surface area contributed by atoms with Crippen LogP contribution in [0.3, 0.4) is 0 Å². The Kier molecular flexibility index (Phi) is 2.55. The first-order valence-electron chi connectivity index (χ1n) is 3.76. The zero-order valence-electron chi connectivity index (χ0n) is 5.92. The molecule has 2 bridgehead atoms. The van der Waals surface area contributed by atoms with Crippen molar-refractivity contribution in [1.82, 2.24) is 5.32 Å². The quantitative estimate of drug-likeness (QED) is 0.542. The molecular weight excluding hydrogens is 150 g/mol. The van der Waals surface area contributed by atoms with Crippen molar-refractivity contribution in [2.45, 2.75) is 18.9 Å². The fourth-order valence-corrected chi connectivity index (χ4v) is 2.05. The summed E-state index contributed by atoms with van der Waals surface area (Å²) in [5, 5.41) is 12.8. The van der Waals surface area contributed by atoms with E-state index in [-0.39, 0.29) is 18.5 Å². The van der Waals surface area contributed by atoms with Gasteiger partial charge in [-0.25, -0.2) is 0 Å².